The highest BCUT2D eigenvalue weighted by atomic mass is 31.1. The molecule has 0 bridgehead atoms. The van der Waals surface area contributed by atoms with E-state index in [0.717, 1.165) is 35.4 Å². The summed E-state index contributed by atoms with van der Waals surface area (Å²) in [6, 6.07) is 4.02. The molecule has 0 aromatic heterocycles. The Morgan fingerprint density at radius 3 is 2.15 bits per heavy atom. The van der Waals surface area contributed by atoms with E-state index in [-0.39, 0.29) is 5.52 Å². The molecule has 0 aliphatic heterocycles. The van der Waals surface area contributed by atoms with Gasteiger partial charge in [-0.05, 0) is 50.7 Å². The minimum Gasteiger partial charge on any atom is -0.234 e. The van der Waals surface area contributed by atoms with E-state index in [2.05, 4.69) is 0 Å². The Balaban J connectivity index is 1.63. The fourth-order valence-electron chi connectivity index (χ4n) is 4.44. The van der Waals surface area contributed by atoms with E-state index in [1.165, 1.54) is 57.8 Å². The number of rotatable bonds is 10. The third-order valence-corrected chi connectivity index (χ3v) is 7.21. The van der Waals surface area contributed by atoms with Crippen molar-refractivity contribution in [3.05, 3.63) is 34.4 Å². The summed E-state index contributed by atoms with van der Waals surface area (Å²) in [5.41, 5.74) is 3.61. The van der Waals surface area contributed by atoms with Crippen molar-refractivity contribution in [2.45, 2.75) is 91.4 Å². The summed E-state index contributed by atoms with van der Waals surface area (Å²) >= 11 is 0. The highest BCUT2D eigenvalue weighted by Crippen LogP contribution is 2.32. The SMILES string of the molecule is Cc1cc(C)c(C(=O)[P+](=O)CCCCCCCC2CCCCC2)c(C)c1. The van der Waals surface area contributed by atoms with Crippen LogP contribution in [0.15, 0.2) is 12.1 Å². The van der Waals surface area contributed by atoms with E-state index in [1.807, 2.05) is 32.9 Å². The third-order valence-electron chi connectivity index (χ3n) is 5.82. The van der Waals surface area contributed by atoms with Gasteiger partial charge in [0, 0.05) is 0 Å². The summed E-state index contributed by atoms with van der Waals surface area (Å²) in [7, 11) is -1.78. The van der Waals surface area contributed by atoms with E-state index in [9.17, 15) is 9.36 Å². The molecular weight excluding hydrogens is 339 g/mol. The van der Waals surface area contributed by atoms with E-state index >= 15 is 0 Å². The molecule has 0 N–H and O–H groups in total. The van der Waals surface area contributed by atoms with Crippen LogP contribution in [0.2, 0.25) is 0 Å². The smallest absolute Gasteiger partial charge is 0.234 e. The van der Waals surface area contributed by atoms with Crippen molar-refractivity contribution in [1.82, 2.24) is 0 Å². The monoisotopic (exact) mass is 375 g/mol. The van der Waals surface area contributed by atoms with Gasteiger partial charge >= 0.3 is 13.3 Å². The molecule has 1 saturated carbocycles. The molecule has 1 aliphatic carbocycles. The molecule has 0 saturated heterocycles. The second-order valence-corrected chi connectivity index (χ2v) is 9.85. The molecule has 144 valence electrons. The molecule has 2 rings (SSSR count). The zero-order valence-corrected chi connectivity index (χ0v) is 17.9. The first-order valence-corrected chi connectivity index (χ1v) is 12.0. The molecule has 1 aliphatic rings. The zero-order valence-electron chi connectivity index (χ0n) is 17.0. The summed E-state index contributed by atoms with van der Waals surface area (Å²) < 4.78 is 12.4. The predicted octanol–water partition coefficient (Wildman–Crippen LogP) is 7.50. The van der Waals surface area contributed by atoms with Crippen LogP contribution in [0, 0.1) is 26.7 Å². The van der Waals surface area contributed by atoms with Crippen molar-refractivity contribution in [2.24, 2.45) is 5.92 Å². The summed E-state index contributed by atoms with van der Waals surface area (Å²) in [4.78, 5) is 12.6. The quantitative estimate of drug-likeness (QED) is 0.313. The van der Waals surface area contributed by atoms with Gasteiger partial charge in [-0.2, -0.15) is 0 Å². The Morgan fingerprint density at radius 1 is 0.923 bits per heavy atom. The second kappa shape index (κ2) is 11.0. The highest BCUT2D eigenvalue weighted by Gasteiger charge is 2.31. The minimum atomic E-state index is -1.78. The molecule has 0 spiro atoms. The number of carbonyl (C=O) groups excluding carboxylic acids is 1. The van der Waals surface area contributed by atoms with Gasteiger partial charge < -0.3 is 0 Å². The molecule has 1 atom stereocenters. The number of carbonyl (C=O) groups is 1. The lowest BCUT2D eigenvalue weighted by Gasteiger charge is -2.21. The lowest BCUT2D eigenvalue weighted by molar-refractivity contribution is 0.107. The molecule has 3 heteroatoms. The summed E-state index contributed by atoms with van der Waals surface area (Å²) in [6.07, 6.45) is 15.0. The van der Waals surface area contributed by atoms with Crippen LogP contribution in [0.4, 0.5) is 0 Å². The van der Waals surface area contributed by atoms with Crippen molar-refractivity contribution < 1.29 is 9.36 Å². The molecule has 1 fully saturated rings. The number of unbranched alkanes of at least 4 members (excludes halogenated alkanes) is 4. The summed E-state index contributed by atoms with van der Waals surface area (Å²) in [5, 5.41) is 0. The van der Waals surface area contributed by atoms with Gasteiger partial charge in [0.1, 0.15) is 0 Å². The maximum Gasteiger partial charge on any atom is 0.420 e. The Bertz CT molecular complexity index is 592. The van der Waals surface area contributed by atoms with Crippen LogP contribution in [0.5, 0.6) is 0 Å². The van der Waals surface area contributed by atoms with Gasteiger partial charge in [-0.1, -0.05) is 80.0 Å². The first-order chi connectivity index (χ1) is 12.5. The van der Waals surface area contributed by atoms with Crippen molar-refractivity contribution >= 4 is 13.3 Å². The Morgan fingerprint density at radius 2 is 1.50 bits per heavy atom. The fourth-order valence-corrected chi connectivity index (χ4v) is 5.75. The van der Waals surface area contributed by atoms with Crippen LogP contribution < -0.4 is 0 Å². The Hall–Kier alpha value is -1.01. The number of aryl methyl sites for hydroxylation is 3. The fraction of sp³-hybridized carbons (Fsp3) is 0.696. The first kappa shape index (κ1) is 21.3. The summed E-state index contributed by atoms with van der Waals surface area (Å²) in [6.45, 7) is 5.92. The van der Waals surface area contributed by atoms with Crippen LogP contribution in [-0.4, -0.2) is 11.7 Å². The maximum atomic E-state index is 12.6. The molecular formula is C23H36O2P+. The number of hydrogen-bond acceptors (Lipinski definition) is 2. The van der Waals surface area contributed by atoms with Gasteiger partial charge in [0.05, 0.1) is 5.56 Å². The molecule has 0 radical (unpaired) electrons. The maximum absolute atomic E-state index is 12.6. The molecule has 1 aromatic rings. The van der Waals surface area contributed by atoms with Gasteiger partial charge in [-0.25, -0.2) is 4.79 Å². The van der Waals surface area contributed by atoms with E-state index in [0.29, 0.717) is 11.7 Å². The Labute approximate surface area is 160 Å². The van der Waals surface area contributed by atoms with E-state index < -0.39 is 7.80 Å². The standard InChI is InChI=1S/C23H36O2P/c1-18-16-19(2)22(20(3)17-18)23(24)26(25)15-11-6-4-5-8-12-21-13-9-7-10-14-21/h16-17,21H,4-15H2,1-3H3/q+1. The minimum absolute atomic E-state index is 0.146. The van der Waals surface area contributed by atoms with Crippen LogP contribution in [0.3, 0.4) is 0 Å². The largest absolute Gasteiger partial charge is 0.420 e. The van der Waals surface area contributed by atoms with Gasteiger partial charge in [-0.3, -0.25) is 0 Å². The van der Waals surface area contributed by atoms with Crippen molar-refractivity contribution in [3.63, 3.8) is 0 Å². The number of benzene rings is 1. The van der Waals surface area contributed by atoms with Crippen LogP contribution >= 0.6 is 7.80 Å². The van der Waals surface area contributed by atoms with Crippen molar-refractivity contribution in [2.75, 3.05) is 6.16 Å². The summed E-state index contributed by atoms with van der Waals surface area (Å²) in [5.74, 6) is 0.983. The highest BCUT2D eigenvalue weighted by molar-refractivity contribution is 7.64. The average molecular weight is 376 g/mol. The molecule has 1 unspecified atom stereocenters. The van der Waals surface area contributed by atoms with Gasteiger partial charge in [-0.15, -0.1) is 0 Å². The normalized spacial score (nSPS) is 15.9. The van der Waals surface area contributed by atoms with Gasteiger partial charge in [0.2, 0.25) is 0 Å². The molecule has 0 amide bonds. The van der Waals surface area contributed by atoms with Gasteiger partial charge in [0.25, 0.3) is 0 Å². The van der Waals surface area contributed by atoms with Crippen LogP contribution in [-0.2, 0) is 4.57 Å². The van der Waals surface area contributed by atoms with Crippen LogP contribution in [0.25, 0.3) is 0 Å². The Kier molecular flexibility index (Phi) is 8.99. The molecule has 26 heavy (non-hydrogen) atoms. The third kappa shape index (κ3) is 6.62. The topological polar surface area (TPSA) is 34.1 Å². The molecule has 2 nitrogen and oxygen atoms in total. The second-order valence-electron chi connectivity index (χ2n) is 8.24. The van der Waals surface area contributed by atoms with Crippen molar-refractivity contribution in [3.8, 4) is 0 Å². The average Bonchev–Trinajstić information content (AvgIpc) is 2.60. The lowest BCUT2D eigenvalue weighted by atomic mass is 9.85. The predicted molar refractivity (Wildman–Crippen MR) is 112 cm³/mol. The van der Waals surface area contributed by atoms with E-state index in [1.54, 1.807) is 0 Å². The molecule has 0 heterocycles. The lowest BCUT2D eigenvalue weighted by Crippen LogP contribution is -2.05. The first-order valence-electron chi connectivity index (χ1n) is 10.6. The van der Waals surface area contributed by atoms with Crippen LogP contribution in [0.1, 0.15) is 97.7 Å². The molecule has 1 aromatic carbocycles. The van der Waals surface area contributed by atoms with E-state index in [4.69, 9.17) is 0 Å². The van der Waals surface area contributed by atoms with Gasteiger partial charge in [0.15, 0.2) is 6.16 Å². The van der Waals surface area contributed by atoms with Crippen molar-refractivity contribution in [1.29, 1.82) is 0 Å². The zero-order chi connectivity index (χ0) is 18.9. The number of hydrogen-bond donors (Lipinski definition) is 0.